The molecule has 1 aromatic rings. The van der Waals surface area contributed by atoms with Gasteiger partial charge in [-0.2, -0.15) is 0 Å². The zero-order valence-electron chi connectivity index (χ0n) is 22.0. The van der Waals surface area contributed by atoms with Crippen LogP contribution in [0.4, 0.5) is 0 Å². The van der Waals surface area contributed by atoms with Gasteiger partial charge >= 0.3 is 11.9 Å². The lowest BCUT2D eigenvalue weighted by molar-refractivity contribution is -0.301. The van der Waals surface area contributed by atoms with Gasteiger partial charge in [0.2, 0.25) is 0 Å². The Morgan fingerprint density at radius 3 is 2.58 bits per heavy atom. The number of carbonyl (C=O) groups is 2. The van der Waals surface area contributed by atoms with E-state index in [4.69, 9.17) is 18.9 Å². The maximum absolute atomic E-state index is 12.5. The standard InChI is InChI=1S/C29H34O11/c1-13-18-8-5-16(23(18)26-19(10-20(13)32)14(2)28(36)40-26)12-37-29-25(35)24(34)27(21(11-30)38-29)39-22(33)9-15-3-6-17(31)7-4-15/h3-7,19-21,23-27,29-32,34-35H,2,8-12H2,1H3/t19-,20+,21+,23-,24+,25+,26-,27+,29+/m0/s1. The van der Waals surface area contributed by atoms with Crippen LogP contribution in [0, 0.1) is 11.8 Å². The summed E-state index contributed by atoms with van der Waals surface area (Å²) in [6, 6.07) is 5.94. The molecule has 2 saturated heterocycles. The van der Waals surface area contributed by atoms with E-state index in [2.05, 4.69) is 6.58 Å². The molecule has 1 aromatic carbocycles. The number of phenols is 1. The van der Waals surface area contributed by atoms with E-state index in [-0.39, 0.29) is 30.6 Å². The van der Waals surface area contributed by atoms with Gasteiger partial charge in [0.15, 0.2) is 12.4 Å². The van der Waals surface area contributed by atoms with Crippen LogP contribution in [-0.2, 0) is 35.0 Å². The zero-order valence-corrected chi connectivity index (χ0v) is 22.0. The Hall–Kier alpha value is -3.06. The van der Waals surface area contributed by atoms with Crippen LogP contribution in [0.25, 0.3) is 0 Å². The van der Waals surface area contributed by atoms with Crippen molar-refractivity contribution in [2.45, 2.75) is 69.1 Å². The van der Waals surface area contributed by atoms with Crippen molar-refractivity contribution < 1.29 is 54.1 Å². The maximum atomic E-state index is 12.5. The van der Waals surface area contributed by atoms with Gasteiger partial charge in [-0.1, -0.05) is 30.4 Å². The highest BCUT2D eigenvalue weighted by Crippen LogP contribution is 2.48. The average molecular weight is 559 g/mol. The van der Waals surface area contributed by atoms with Gasteiger partial charge in [-0.25, -0.2) is 4.79 Å². The highest BCUT2D eigenvalue weighted by atomic mass is 16.7. The molecule has 5 rings (SSSR count). The first kappa shape index (κ1) is 28.5. The predicted molar refractivity (Wildman–Crippen MR) is 137 cm³/mol. The molecule has 0 radical (unpaired) electrons. The third kappa shape index (κ3) is 5.32. The fraction of sp³-hybridized carbons (Fsp3) is 0.517. The van der Waals surface area contributed by atoms with Crippen LogP contribution in [0.15, 0.2) is 59.2 Å². The third-order valence-corrected chi connectivity index (χ3v) is 8.31. The second-order valence-corrected chi connectivity index (χ2v) is 10.7. The lowest BCUT2D eigenvalue weighted by Crippen LogP contribution is -2.60. The number of hydrogen-bond acceptors (Lipinski definition) is 11. The Kier molecular flexibility index (Phi) is 8.14. The van der Waals surface area contributed by atoms with Crippen LogP contribution in [0.3, 0.4) is 0 Å². The average Bonchev–Trinajstić information content (AvgIpc) is 3.44. The number of allylic oxidation sites excluding steroid dienone is 1. The number of esters is 2. The second kappa shape index (κ2) is 11.4. The lowest BCUT2D eigenvalue weighted by Gasteiger charge is -2.41. The number of ether oxygens (including phenoxy) is 4. The van der Waals surface area contributed by atoms with Gasteiger partial charge < -0.3 is 44.5 Å². The molecule has 2 aliphatic heterocycles. The number of aromatic hydroxyl groups is 1. The minimum Gasteiger partial charge on any atom is -0.508 e. The fourth-order valence-corrected chi connectivity index (χ4v) is 6.01. The molecule has 2 fully saturated rings. The third-order valence-electron chi connectivity index (χ3n) is 8.31. The van der Waals surface area contributed by atoms with E-state index in [1.807, 2.05) is 13.0 Å². The van der Waals surface area contributed by atoms with Gasteiger partial charge in [-0.15, -0.1) is 0 Å². The van der Waals surface area contributed by atoms with Gasteiger partial charge in [0.1, 0.15) is 30.2 Å². The maximum Gasteiger partial charge on any atom is 0.334 e. The molecule has 11 nitrogen and oxygen atoms in total. The topological polar surface area (TPSA) is 172 Å². The molecule has 0 amide bonds. The normalized spacial score (nSPS) is 35.5. The molecule has 216 valence electrons. The minimum atomic E-state index is -1.61. The molecule has 0 unspecified atom stereocenters. The molecule has 0 bridgehead atoms. The number of carbonyl (C=O) groups excluding carboxylic acids is 2. The summed E-state index contributed by atoms with van der Waals surface area (Å²) < 4.78 is 22.6. The van der Waals surface area contributed by atoms with Crippen LogP contribution in [0.5, 0.6) is 5.75 Å². The number of benzene rings is 1. The molecular weight excluding hydrogens is 524 g/mol. The highest BCUT2D eigenvalue weighted by molar-refractivity contribution is 5.91. The molecule has 0 saturated carbocycles. The number of aliphatic hydroxyl groups is 4. The van der Waals surface area contributed by atoms with Crippen molar-refractivity contribution in [1.82, 2.24) is 0 Å². The summed E-state index contributed by atoms with van der Waals surface area (Å²) in [4.78, 5) is 24.8. The van der Waals surface area contributed by atoms with E-state index < -0.39 is 61.5 Å². The summed E-state index contributed by atoms with van der Waals surface area (Å²) >= 11 is 0. The first-order chi connectivity index (χ1) is 19.1. The van der Waals surface area contributed by atoms with Crippen molar-refractivity contribution >= 4 is 11.9 Å². The largest absolute Gasteiger partial charge is 0.508 e. The monoisotopic (exact) mass is 558 g/mol. The molecule has 0 aromatic heterocycles. The molecule has 0 spiro atoms. The number of aliphatic hydroxyl groups excluding tert-OH is 4. The summed E-state index contributed by atoms with van der Waals surface area (Å²) in [5.74, 6) is -1.84. The van der Waals surface area contributed by atoms with Gasteiger partial charge in [-0.3, -0.25) is 4.79 Å². The Balaban J connectivity index is 1.24. The van der Waals surface area contributed by atoms with Gasteiger partial charge in [0.25, 0.3) is 0 Å². The summed E-state index contributed by atoms with van der Waals surface area (Å²) in [7, 11) is 0. The van der Waals surface area contributed by atoms with Crippen LogP contribution in [0.1, 0.15) is 25.3 Å². The van der Waals surface area contributed by atoms with Crippen molar-refractivity contribution in [3.05, 3.63) is 64.8 Å². The molecule has 2 aliphatic carbocycles. The van der Waals surface area contributed by atoms with Crippen LogP contribution in [0.2, 0.25) is 0 Å². The van der Waals surface area contributed by atoms with Gasteiger partial charge in [-0.05, 0) is 48.6 Å². The molecule has 2 heterocycles. The van der Waals surface area contributed by atoms with E-state index >= 15 is 0 Å². The molecule has 11 heteroatoms. The first-order valence-electron chi connectivity index (χ1n) is 13.3. The summed E-state index contributed by atoms with van der Waals surface area (Å²) in [6.45, 7) is 5.07. The van der Waals surface area contributed by atoms with E-state index in [1.54, 1.807) is 12.1 Å². The quantitative estimate of drug-likeness (QED) is 0.178. The van der Waals surface area contributed by atoms with Crippen molar-refractivity contribution in [1.29, 1.82) is 0 Å². The fourth-order valence-electron chi connectivity index (χ4n) is 6.01. The molecular formula is C29H34O11. The van der Waals surface area contributed by atoms with Crippen LogP contribution in [-0.4, -0.2) is 93.6 Å². The Bertz CT molecular complexity index is 1220. The lowest BCUT2D eigenvalue weighted by atomic mass is 9.83. The molecule has 4 aliphatic rings. The van der Waals surface area contributed by atoms with Gasteiger partial charge in [0, 0.05) is 17.4 Å². The number of rotatable bonds is 7. The van der Waals surface area contributed by atoms with Crippen molar-refractivity contribution in [2.24, 2.45) is 11.8 Å². The summed E-state index contributed by atoms with van der Waals surface area (Å²) in [6.07, 6.45) is -5.69. The highest BCUT2D eigenvalue weighted by Gasteiger charge is 2.51. The van der Waals surface area contributed by atoms with E-state index in [1.165, 1.54) is 12.1 Å². The SMILES string of the molecule is C=C1C(=O)O[C@@H]2[C@H]3C(CO[C@@H]4O[C@H](CO)[C@@H](OC(=O)Cc5ccc(O)cc5)[C@H](O)[C@H]4O)=CCC3=C(C)[C@H](O)C[C@@H]12. The zero-order chi connectivity index (χ0) is 28.7. The number of phenolic OH excluding ortho intramolecular Hbond substituents is 1. The molecule has 40 heavy (non-hydrogen) atoms. The van der Waals surface area contributed by atoms with E-state index in [9.17, 15) is 35.1 Å². The van der Waals surface area contributed by atoms with Gasteiger partial charge in [0.05, 0.1) is 25.7 Å². The minimum absolute atomic E-state index is 0.0390. The number of hydrogen-bond donors (Lipinski definition) is 5. The number of fused-ring (bicyclic) bond motifs is 3. The van der Waals surface area contributed by atoms with E-state index in [0.29, 0.717) is 24.0 Å². The second-order valence-electron chi connectivity index (χ2n) is 10.7. The van der Waals surface area contributed by atoms with Crippen LogP contribution >= 0.6 is 0 Å². The van der Waals surface area contributed by atoms with Crippen molar-refractivity contribution in [3.63, 3.8) is 0 Å². The smallest absolute Gasteiger partial charge is 0.334 e. The predicted octanol–water partition coefficient (Wildman–Crippen LogP) is 0.427. The van der Waals surface area contributed by atoms with Crippen LogP contribution < -0.4 is 0 Å². The molecule has 9 atom stereocenters. The summed E-state index contributed by atoms with van der Waals surface area (Å²) in [5, 5.41) is 51.5. The Labute approximate surface area is 230 Å². The first-order valence-corrected chi connectivity index (χ1v) is 13.3. The Morgan fingerprint density at radius 1 is 1.15 bits per heavy atom. The van der Waals surface area contributed by atoms with Crippen molar-refractivity contribution in [2.75, 3.05) is 13.2 Å². The van der Waals surface area contributed by atoms with Crippen molar-refractivity contribution in [3.8, 4) is 5.75 Å². The summed E-state index contributed by atoms with van der Waals surface area (Å²) in [5.41, 5.74) is 3.43. The Morgan fingerprint density at radius 2 is 1.88 bits per heavy atom. The molecule has 5 N–H and O–H groups in total. The van der Waals surface area contributed by atoms with E-state index in [0.717, 1.165) is 16.7 Å².